The zero-order valence-corrected chi connectivity index (χ0v) is 13.3. The summed E-state index contributed by atoms with van der Waals surface area (Å²) in [6.45, 7) is -0.103. The third kappa shape index (κ3) is 5.57. The first kappa shape index (κ1) is 15.5. The van der Waals surface area contributed by atoms with Crippen molar-refractivity contribution in [3.05, 3.63) is 63.6 Å². The largest absolute Gasteiger partial charge is 0.484 e. The third-order valence-electron chi connectivity index (χ3n) is 2.44. The Bertz CT molecular complexity index is 644. The van der Waals surface area contributed by atoms with Crippen LogP contribution in [0.3, 0.4) is 0 Å². The van der Waals surface area contributed by atoms with Crippen LogP contribution in [0.5, 0.6) is 5.75 Å². The van der Waals surface area contributed by atoms with Gasteiger partial charge in [-0.25, -0.2) is 5.43 Å². The summed E-state index contributed by atoms with van der Waals surface area (Å²) in [4.78, 5) is 11.6. The van der Waals surface area contributed by atoms with E-state index in [1.807, 2.05) is 24.3 Å². The van der Waals surface area contributed by atoms with E-state index in [2.05, 4.69) is 26.5 Å². The van der Waals surface area contributed by atoms with Crippen LogP contribution in [0.1, 0.15) is 5.56 Å². The first-order chi connectivity index (χ1) is 10.1. The van der Waals surface area contributed by atoms with Gasteiger partial charge in [-0.15, -0.1) is 0 Å². The highest BCUT2D eigenvalue weighted by Crippen LogP contribution is 2.15. The van der Waals surface area contributed by atoms with Gasteiger partial charge in [-0.3, -0.25) is 4.79 Å². The van der Waals surface area contributed by atoms with Crippen molar-refractivity contribution >= 4 is 39.7 Å². The van der Waals surface area contributed by atoms with E-state index < -0.39 is 0 Å². The molecule has 0 saturated carbocycles. The number of nitrogens with one attached hydrogen (secondary N) is 1. The molecular formula is C15H12BrClN2O2. The number of benzene rings is 2. The summed E-state index contributed by atoms with van der Waals surface area (Å²) in [5.74, 6) is 0.281. The molecule has 2 aromatic carbocycles. The molecule has 0 radical (unpaired) electrons. The fourth-order valence-corrected chi connectivity index (χ4v) is 1.94. The number of amides is 1. The maximum Gasteiger partial charge on any atom is 0.277 e. The summed E-state index contributed by atoms with van der Waals surface area (Å²) >= 11 is 9.17. The summed E-state index contributed by atoms with van der Waals surface area (Å²) < 4.78 is 6.27. The first-order valence-electron chi connectivity index (χ1n) is 6.09. The number of ether oxygens (including phenoxy) is 1. The highest BCUT2D eigenvalue weighted by Gasteiger charge is 2.01. The van der Waals surface area contributed by atoms with Crippen molar-refractivity contribution in [2.75, 3.05) is 6.61 Å². The number of hydrogen-bond acceptors (Lipinski definition) is 3. The van der Waals surface area contributed by atoms with Crippen LogP contribution in [-0.4, -0.2) is 18.7 Å². The molecule has 6 heteroatoms. The van der Waals surface area contributed by atoms with Gasteiger partial charge in [0.25, 0.3) is 5.91 Å². The van der Waals surface area contributed by atoms with E-state index in [4.69, 9.17) is 16.3 Å². The molecule has 0 unspecified atom stereocenters. The van der Waals surface area contributed by atoms with Crippen LogP contribution in [0, 0.1) is 0 Å². The molecule has 0 aromatic heterocycles. The van der Waals surface area contributed by atoms with E-state index in [0.717, 1.165) is 10.0 Å². The molecule has 0 bridgehead atoms. The Morgan fingerprint density at radius 3 is 2.76 bits per heavy atom. The number of carbonyl (C=O) groups is 1. The molecule has 0 aliphatic rings. The molecule has 1 N–H and O–H groups in total. The molecule has 4 nitrogen and oxygen atoms in total. The van der Waals surface area contributed by atoms with Crippen molar-refractivity contribution in [3.8, 4) is 5.75 Å². The van der Waals surface area contributed by atoms with Crippen molar-refractivity contribution < 1.29 is 9.53 Å². The molecule has 0 aliphatic carbocycles. The predicted molar refractivity (Wildman–Crippen MR) is 86.8 cm³/mol. The standard InChI is InChI=1S/C15H12BrClN2O2/c16-12-4-6-14(7-5-12)21-10-15(20)19-18-9-11-2-1-3-13(17)8-11/h1-9H,10H2,(H,19,20)/b18-9-. The number of rotatable bonds is 5. The van der Waals surface area contributed by atoms with Crippen molar-refractivity contribution in [1.82, 2.24) is 5.43 Å². The lowest BCUT2D eigenvalue weighted by atomic mass is 10.2. The van der Waals surface area contributed by atoms with Crippen LogP contribution in [-0.2, 0) is 4.79 Å². The molecule has 2 aromatic rings. The van der Waals surface area contributed by atoms with E-state index in [-0.39, 0.29) is 12.5 Å². The number of carbonyl (C=O) groups excluding carboxylic acids is 1. The summed E-state index contributed by atoms with van der Waals surface area (Å²) in [7, 11) is 0. The van der Waals surface area contributed by atoms with E-state index >= 15 is 0 Å². The quantitative estimate of drug-likeness (QED) is 0.648. The van der Waals surface area contributed by atoms with Gasteiger partial charge >= 0.3 is 0 Å². The van der Waals surface area contributed by atoms with Crippen LogP contribution in [0.15, 0.2) is 58.1 Å². The SMILES string of the molecule is O=C(COc1ccc(Br)cc1)N/N=C\c1cccc(Cl)c1. The minimum Gasteiger partial charge on any atom is -0.484 e. The zero-order chi connectivity index (χ0) is 15.1. The van der Waals surface area contributed by atoms with Crippen molar-refractivity contribution in [2.45, 2.75) is 0 Å². The van der Waals surface area contributed by atoms with Gasteiger partial charge < -0.3 is 4.74 Å². The highest BCUT2D eigenvalue weighted by molar-refractivity contribution is 9.10. The van der Waals surface area contributed by atoms with E-state index in [0.29, 0.717) is 10.8 Å². The molecule has 21 heavy (non-hydrogen) atoms. The Balaban J connectivity index is 1.78. The molecule has 0 saturated heterocycles. The molecule has 1 amide bonds. The smallest absolute Gasteiger partial charge is 0.277 e. The number of hydrogen-bond donors (Lipinski definition) is 1. The number of nitrogens with zero attached hydrogens (tertiary/aromatic N) is 1. The predicted octanol–water partition coefficient (Wildman–Crippen LogP) is 3.63. The van der Waals surface area contributed by atoms with Crippen LogP contribution in [0.2, 0.25) is 5.02 Å². The maximum atomic E-state index is 11.6. The summed E-state index contributed by atoms with van der Waals surface area (Å²) in [6.07, 6.45) is 1.52. The van der Waals surface area contributed by atoms with Gasteiger partial charge in [0.2, 0.25) is 0 Å². The minimum absolute atomic E-state index is 0.103. The minimum atomic E-state index is -0.337. The first-order valence-corrected chi connectivity index (χ1v) is 7.26. The lowest BCUT2D eigenvalue weighted by Crippen LogP contribution is -2.24. The molecule has 0 heterocycles. The normalized spacial score (nSPS) is 10.6. The Hall–Kier alpha value is -1.85. The van der Waals surface area contributed by atoms with Gasteiger partial charge in [-0.05, 0) is 42.0 Å². The second-order valence-electron chi connectivity index (χ2n) is 4.09. The summed E-state index contributed by atoms with van der Waals surface area (Å²) in [5, 5.41) is 4.45. The second kappa shape index (κ2) is 7.81. The Morgan fingerprint density at radius 1 is 1.29 bits per heavy atom. The average molecular weight is 368 g/mol. The summed E-state index contributed by atoms with van der Waals surface area (Å²) in [5.41, 5.74) is 3.19. The van der Waals surface area contributed by atoms with Gasteiger partial charge in [-0.1, -0.05) is 39.7 Å². The molecule has 0 spiro atoms. The van der Waals surface area contributed by atoms with Gasteiger partial charge in [0.1, 0.15) is 5.75 Å². The van der Waals surface area contributed by atoms with Crippen molar-refractivity contribution in [3.63, 3.8) is 0 Å². The van der Waals surface area contributed by atoms with Crippen LogP contribution in [0.25, 0.3) is 0 Å². The topological polar surface area (TPSA) is 50.7 Å². The van der Waals surface area contributed by atoms with Gasteiger partial charge in [0, 0.05) is 9.50 Å². The van der Waals surface area contributed by atoms with Crippen molar-refractivity contribution in [1.29, 1.82) is 0 Å². The lowest BCUT2D eigenvalue weighted by molar-refractivity contribution is -0.123. The van der Waals surface area contributed by atoms with Gasteiger partial charge in [0.15, 0.2) is 6.61 Å². The maximum absolute atomic E-state index is 11.6. The molecule has 0 fully saturated rings. The molecule has 0 aliphatic heterocycles. The van der Waals surface area contributed by atoms with Crippen LogP contribution >= 0.6 is 27.5 Å². The summed E-state index contributed by atoms with van der Waals surface area (Å²) in [6, 6.07) is 14.4. The van der Waals surface area contributed by atoms with E-state index in [1.165, 1.54) is 6.21 Å². The van der Waals surface area contributed by atoms with Crippen LogP contribution in [0.4, 0.5) is 0 Å². The highest BCUT2D eigenvalue weighted by atomic mass is 79.9. The Kier molecular flexibility index (Phi) is 5.78. The Labute approximate surface area is 135 Å². The van der Waals surface area contributed by atoms with Gasteiger partial charge in [0.05, 0.1) is 6.21 Å². The zero-order valence-electron chi connectivity index (χ0n) is 10.9. The third-order valence-corrected chi connectivity index (χ3v) is 3.20. The molecule has 0 atom stereocenters. The van der Waals surface area contributed by atoms with Gasteiger partial charge in [-0.2, -0.15) is 5.10 Å². The fraction of sp³-hybridized carbons (Fsp3) is 0.0667. The van der Waals surface area contributed by atoms with E-state index in [1.54, 1.807) is 24.3 Å². The molecular weight excluding hydrogens is 356 g/mol. The fourth-order valence-electron chi connectivity index (χ4n) is 1.48. The Morgan fingerprint density at radius 2 is 2.05 bits per heavy atom. The second-order valence-corrected chi connectivity index (χ2v) is 5.44. The van der Waals surface area contributed by atoms with Crippen molar-refractivity contribution in [2.24, 2.45) is 5.10 Å². The molecule has 2 rings (SSSR count). The number of halogens is 2. The average Bonchev–Trinajstić information content (AvgIpc) is 2.47. The van der Waals surface area contributed by atoms with E-state index in [9.17, 15) is 4.79 Å². The number of hydrazone groups is 1. The lowest BCUT2D eigenvalue weighted by Gasteiger charge is -2.04. The molecule has 108 valence electrons. The monoisotopic (exact) mass is 366 g/mol. The van der Waals surface area contributed by atoms with Crippen LogP contribution < -0.4 is 10.2 Å².